The van der Waals surface area contributed by atoms with Crippen LogP contribution < -0.4 is 0 Å². The van der Waals surface area contributed by atoms with Crippen molar-refractivity contribution in [2.45, 2.75) is 18.9 Å². The van der Waals surface area contributed by atoms with E-state index in [2.05, 4.69) is 11.8 Å². The van der Waals surface area contributed by atoms with Crippen molar-refractivity contribution in [2.75, 3.05) is 0 Å². The van der Waals surface area contributed by atoms with Gasteiger partial charge in [-0.15, -0.1) is 0 Å². The van der Waals surface area contributed by atoms with E-state index in [1.165, 1.54) is 0 Å². The maximum Gasteiger partial charge on any atom is 0.121 e. The summed E-state index contributed by atoms with van der Waals surface area (Å²) in [7, 11) is 0. The van der Waals surface area contributed by atoms with Gasteiger partial charge in [0.05, 0.1) is 0 Å². The zero-order valence-corrected chi connectivity index (χ0v) is 10.4. The summed E-state index contributed by atoms with van der Waals surface area (Å²) in [5.41, 5.74) is 2.03. The van der Waals surface area contributed by atoms with Crippen molar-refractivity contribution in [3.8, 4) is 11.8 Å². The minimum absolute atomic E-state index is 0.0161. The largest absolute Gasteiger partial charge is 0.380 e. The van der Waals surface area contributed by atoms with Gasteiger partial charge in [-0.05, 0) is 17.7 Å². The second-order valence-corrected chi connectivity index (χ2v) is 4.28. The summed E-state index contributed by atoms with van der Waals surface area (Å²) < 4.78 is 0. The number of aliphatic hydroxyl groups is 1. The smallest absolute Gasteiger partial charge is 0.121 e. The topological polar surface area (TPSA) is 20.2 Å². The lowest BCUT2D eigenvalue weighted by Crippen LogP contribution is -2.13. The summed E-state index contributed by atoms with van der Waals surface area (Å²) in [6.07, 6.45) is -0.646. The fourth-order valence-electron chi connectivity index (χ4n) is 1.74. The SMILES string of the molecule is C[C@@H](c1ccccc1)[C@H](O)C#Cc1ccccc1. The molecule has 0 saturated carbocycles. The molecule has 0 aliphatic carbocycles. The van der Waals surface area contributed by atoms with E-state index in [4.69, 9.17) is 0 Å². The van der Waals surface area contributed by atoms with Crippen LogP contribution in [-0.4, -0.2) is 11.2 Å². The van der Waals surface area contributed by atoms with Gasteiger partial charge in [0, 0.05) is 11.5 Å². The Morgan fingerprint density at radius 2 is 1.44 bits per heavy atom. The van der Waals surface area contributed by atoms with Crippen LogP contribution in [0.3, 0.4) is 0 Å². The Hall–Kier alpha value is -2.04. The van der Waals surface area contributed by atoms with Crippen LogP contribution in [0.2, 0.25) is 0 Å². The molecule has 18 heavy (non-hydrogen) atoms. The zero-order valence-electron chi connectivity index (χ0n) is 10.4. The van der Waals surface area contributed by atoms with Crippen molar-refractivity contribution in [1.82, 2.24) is 0 Å². The highest BCUT2D eigenvalue weighted by molar-refractivity contribution is 5.35. The van der Waals surface area contributed by atoms with Gasteiger partial charge < -0.3 is 5.11 Å². The Bertz CT molecular complexity index is 534. The van der Waals surface area contributed by atoms with Crippen LogP contribution in [0, 0.1) is 11.8 Å². The van der Waals surface area contributed by atoms with Crippen LogP contribution >= 0.6 is 0 Å². The predicted octanol–water partition coefficient (Wildman–Crippen LogP) is 3.20. The summed E-state index contributed by atoms with van der Waals surface area (Å²) >= 11 is 0. The lowest BCUT2D eigenvalue weighted by molar-refractivity contribution is 0.206. The van der Waals surface area contributed by atoms with Crippen molar-refractivity contribution >= 4 is 0 Å². The van der Waals surface area contributed by atoms with Crippen LogP contribution in [-0.2, 0) is 0 Å². The lowest BCUT2D eigenvalue weighted by Gasteiger charge is -2.13. The van der Waals surface area contributed by atoms with Crippen molar-refractivity contribution in [3.63, 3.8) is 0 Å². The molecule has 90 valence electrons. The summed E-state index contributed by atoms with van der Waals surface area (Å²) in [4.78, 5) is 0. The van der Waals surface area contributed by atoms with Crippen molar-refractivity contribution < 1.29 is 5.11 Å². The minimum atomic E-state index is -0.646. The quantitative estimate of drug-likeness (QED) is 0.794. The van der Waals surface area contributed by atoms with Gasteiger partial charge in [0.1, 0.15) is 6.10 Å². The standard InChI is InChI=1S/C17H16O/c1-14(16-10-6-3-7-11-16)17(18)13-12-15-8-4-2-5-9-15/h2-11,14,17-18H,1H3/t14-,17+/m0/s1. The maximum absolute atomic E-state index is 10.1. The van der Waals surface area contributed by atoms with Crippen LogP contribution in [0.4, 0.5) is 0 Å². The van der Waals surface area contributed by atoms with Gasteiger partial charge in [0.2, 0.25) is 0 Å². The molecular weight excluding hydrogens is 220 g/mol. The molecule has 0 bridgehead atoms. The first kappa shape index (κ1) is 12.4. The number of aliphatic hydroxyl groups excluding tert-OH is 1. The Kier molecular flexibility index (Phi) is 4.17. The Morgan fingerprint density at radius 3 is 2.06 bits per heavy atom. The Balaban J connectivity index is 2.09. The highest BCUT2D eigenvalue weighted by Gasteiger charge is 2.12. The molecule has 0 spiro atoms. The first-order valence-electron chi connectivity index (χ1n) is 6.07. The zero-order chi connectivity index (χ0) is 12.8. The lowest BCUT2D eigenvalue weighted by atomic mass is 9.95. The fourth-order valence-corrected chi connectivity index (χ4v) is 1.74. The molecule has 2 aromatic rings. The van der Waals surface area contributed by atoms with E-state index in [1.54, 1.807) is 0 Å². The van der Waals surface area contributed by atoms with Crippen molar-refractivity contribution in [3.05, 3.63) is 71.8 Å². The first-order valence-corrected chi connectivity index (χ1v) is 6.07. The Labute approximate surface area is 108 Å². The van der Waals surface area contributed by atoms with Gasteiger partial charge >= 0.3 is 0 Å². The molecule has 1 heteroatoms. The van der Waals surface area contributed by atoms with Crippen LogP contribution in [0.5, 0.6) is 0 Å². The van der Waals surface area contributed by atoms with Gasteiger partial charge in [-0.25, -0.2) is 0 Å². The molecule has 2 atom stereocenters. The molecule has 0 unspecified atom stereocenters. The summed E-state index contributed by atoms with van der Waals surface area (Å²) in [5, 5.41) is 10.1. The number of hydrogen-bond donors (Lipinski definition) is 1. The summed E-state index contributed by atoms with van der Waals surface area (Å²) in [5.74, 6) is 5.91. The molecule has 2 rings (SSSR count). The second kappa shape index (κ2) is 6.05. The molecule has 0 amide bonds. The van der Waals surface area contributed by atoms with Gasteiger partial charge in [0.25, 0.3) is 0 Å². The maximum atomic E-state index is 10.1. The molecule has 0 aliphatic rings. The summed E-state index contributed by atoms with van der Waals surface area (Å²) in [6, 6.07) is 19.7. The van der Waals surface area contributed by atoms with Crippen LogP contribution in [0.25, 0.3) is 0 Å². The minimum Gasteiger partial charge on any atom is -0.380 e. The van der Waals surface area contributed by atoms with E-state index in [0.717, 1.165) is 11.1 Å². The second-order valence-electron chi connectivity index (χ2n) is 4.28. The molecule has 1 nitrogen and oxygen atoms in total. The summed E-state index contributed by atoms with van der Waals surface area (Å²) in [6.45, 7) is 1.99. The third-order valence-corrected chi connectivity index (χ3v) is 2.94. The number of hydrogen-bond acceptors (Lipinski definition) is 1. The number of rotatable bonds is 2. The van der Waals surface area contributed by atoms with E-state index >= 15 is 0 Å². The average molecular weight is 236 g/mol. The molecule has 2 aromatic carbocycles. The van der Waals surface area contributed by atoms with Crippen LogP contribution in [0.1, 0.15) is 24.0 Å². The fraction of sp³-hybridized carbons (Fsp3) is 0.176. The van der Waals surface area contributed by atoms with E-state index in [0.29, 0.717) is 0 Å². The monoisotopic (exact) mass is 236 g/mol. The molecule has 0 radical (unpaired) electrons. The molecule has 0 saturated heterocycles. The molecule has 1 N–H and O–H groups in total. The molecule has 0 fully saturated rings. The molecule has 0 aliphatic heterocycles. The van der Waals surface area contributed by atoms with Gasteiger partial charge in [-0.1, -0.05) is 67.3 Å². The van der Waals surface area contributed by atoms with E-state index in [-0.39, 0.29) is 5.92 Å². The average Bonchev–Trinajstić information content (AvgIpc) is 2.46. The van der Waals surface area contributed by atoms with E-state index in [1.807, 2.05) is 67.6 Å². The predicted molar refractivity (Wildman–Crippen MR) is 74.2 cm³/mol. The number of benzene rings is 2. The van der Waals surface area contributed by atoms with Gasteiger partial charge in [-0.3, -0.25) is 0 Å². The molecule has 0 heterocycles. The van der Waals surface area contributed by atoms with Crippen molar-refractivity contribution in [2.24, 2.45) is 0 Å². The third-order valence-electron chi connectivity index (χ3n) is 2.94. The third kappa shape index (κ3) is 3.23. The van der Waals surface area contributed by atoms with Crippen molar-refractivity contribution in [1.29, 1.82) is 0 Å². The van der Waals surface area contributed by atoms with E-state index in [9.17, 15) is 5.11 Å². The van der Waals surface area contributed by atoms with E-state index < -0.39 is 6.10 Å². The van der Waals surface area contributed by atoms with Gasteiger partial charge in [0.15, 0.2) is 0 Å². The molecular formula is C17H16O. The Morgan fingerprint density at radius 1 is 0.889 bits per heavy atom. The highest BCUT2D eigenvalue weighted by atomic mass is 16.3. The normalized spacial score (nSPS) is 13.2. The highest BCUT2D eigenvalue weighted by Crippen LogP contribution is 2.18. The molecule has 0 aromatic heterocycles. The first-order chi connectivity index (χ1) is 8.77. The van der Waals surface area contributed by atoms with Gasteiger partial charge in [-0.2, -0.15) is 0 Å². The van der Waals surface area contributed by atoms with Crippen LogP contribution in [0.15, 0.2) is 60.7 Å².